The summed E-state index contributed by atoms with van der Waals surface area (Å²) >= 11 is 0. The van der Waals surface area contributed by atoms with Crippen LogP contribution in [0.4, 0.5) is 10.1 Å². The van der Waals surface area contributed by atoms with Gasteiger partial charge in [-0.1, -0.05) is 6.92 Å². The summed E-state index contributed by atoms with van der Waals surface area (Å²) in [6.45, 7) is 3.55. The second-order valence-electron chi connectivity index (χ2n) is 3.56. The Bertz CT molecular complexity index is 477. The van der Waals surface area contributed by atoms with E-state index in [0.29, 0.717) is 6.54 Å². The Hall–Kier alpha value is -1.14. The molecule has 0 heterocycles. The van der Waals surface area contributed by atoms with Crippen molar-refractivity contribution in [3.05, 3.63) is 23.5 Å². The van der Waals surface area contributed by atoms with Crippen molar-refractivity contribution < 1.29 is 12.8 Å². The Kier molecular flexibility index (Phi) is 3.54. The number of rotatable bonds is 3. The molecule has 16 heavy (non-hydrogen) atoms. The zero-order chi connectivity index (χ0) is 12.5. The number of nitrogens with two attached hydrogens (primary N) is 1. The van der Waals surface area contributed by atoms with Gasteiger partial charge in [-0.15, -0.1) is 0 Å². The molecule has 4 nitrogen and oxygen atoms in total. The fraction of sp³-hybridized carbons (Fsp3) is 0.400. The van der Waals surface area contributed by atoms with Gasteiger partial charge >= 0.3 is 0 Å². The third-order valence-corrected chi connectivity index (χ3v) is 4.32. The van der Waals surface area contributed by atoms with Crippen molar-refractivity contribution in [3.63, 3.8) is 0 Å². The highest BCUT2D eigenvalue weighted by Gasteiger charge is 2.21. The molecular formula is C10H15FN2O2S. The number of anilines is 1. The number of hydrogen-bond donors (Lipinski definition) is 1. The lowest BCUT2D eigenvalue weighted by Gasteiger charge is -2.15. The summed E-state index contributed by atoms with van der Waals surface area (Å²) in [6, 6.07) is 2.43. The van der Waals surface area contributed by atoms with Crippen LogP contribution in [0.5, 0.6) is 0 Å². The standard InChI is InChI=1S/C10H15FN2O2S/c1-4-13(3)16(14,15)8-5-7(2)10(11)9(12)6-8/h5-6H,4,12H2,1-3H3. The molecule has 0 unspecified atom stereocenters. The summed E-state index contributed by atoms with van der Waals surface area (Å²) in [7, 11) is -2.10. The number of sulfonamides is 1. The maximum atomic E-state index is 13.2. The van der Waals surface area contributed by atoms with Crippen LogP contribution < -0.4 is 5.73 Å². The second kappa shape index (κ2) is 4.39. The molecule has 0 amide bonds. The van der Waals surface area contributed by atoms with Gasteiger partial charge in [0.25, 0.3) is 0 Å². The van der Waals surface area contributed by atoms with Crippen LogP contribution in [0.3, 0.4) is 0 Å². The maximum Gasteiger partial charge on any atom is 0.242 e. The van der Waals surface area contributed by atoms with Gasteiger partial charge in [0.15, 0.2) is 0 Å². The van der Waals surface area contributed by atoms with Crippen LogP contribution >= 0.6 is 0 Å². The van der Waals surface area contributed by atoms with E-state index < -0.39 is 15.8 Å². The van der Waals surface area contributed by atoms with E-state index in [0.717, 1.165) is 6.07 Å². The summed E-state index contributed by atoms with van der Waals surface area (Å²) in [5, 5.41) is 0. The van der Waals surface area contributed by atoms with E-state index in [4.69, 9.17) is 5.73 Å². The highest BCUT2D eigenvalue weighted by atomic mass is 32.2. The van der Waals surface area contributed by atoms with Crippen LogP contribution in [0.1, 0.15) is 12.5 Å². The Morgan fingerprint density at radius 3 is 2.44 bits per heavy atom. The molecule has 0 aromatic heterocycles. The minimum absolute atomic E-state index is 0.0215. The molecule has 0 bridgehead atoms. The molecular weight excluding hydrogens is 231 g/mol. The fourth-order valence-corrected chi connectivity index (χ4v) is 2.56. The minimum Gasteiger partial charge on any atom is -0.396 e. The Morgan fingerprint density at radius 1 is 1.44 bits per heavy atom. The Morgan fingerprint density at radius 2 is 2.00 bits per heavy atom. The fourth-order valence-electron chi connectivity index (χ4n) is 1.26. The Labute approximate surface area is 94.9 Å². The highest BCUT2D eigenvalue weighted by Crippen LogP contribution is 2.22. The van der Waals surface area contributed by atoms with E-state index in [-0.39, 0.29) is 16.1 Å². The number of nitrogen functional groups attached to an aromatic ring is 1. The van der Waals surface area contributed by atoms with E-state index in [9.17, 15) is 12.8 Å². The molecule has 1 aromatic carbocycles. The van der Waals surface area contributed by atoms with Crippen LogP contribution in [0.2, 0.25) is 0 Å². The molecule has 0 fully saturated rings. The quantitative estimate of drug-likeness (QED) is 0.819. The first-order valence-corrected chi connectivity index (χ1v) is 6.26. The smallest absolute Gasteiger partial charge is 0.242 e. The van der Waals surface area contributed by atoms with Crippen LogP contribution in [0, 0.1) is 12.7 Å². The molecule has 0 spiro atoms. The lowest BCUT2D eigenvalue weighted by atomic mass is 10.2. The first-order valence-electron chi connectivity index (χ1n) is 4.82. The summed E-state index contributed by atoms with van der Waals surface area (Å²) < 4.78 is 38.3. The van der Waals surface area contributed by atoms with E-state index >= 15 is 0 Å². The molecule has 0 saturated heterocycles. The van der Waals surface area contributed by atoms with Crippen molar-refractivity contribution in [2.75, 3.05) is 19.3 Å². The third-order valence-electron chi connectivity index (χ3n) is 2.41. The first-order chi connectivity index (χ1) is 7.30. The first kappa shape index (κ1) is 12.9. The molecule has 1 rings (SSSR count). The van der Waals surface area contributed by atoms with Crippen molar-refractivity contribution in [2.24, 2.45) is 0 Å². The van der Waals surface area contributed by atoms with E-state index in [1.54, 1.807) is 6.92 Å². The molecule has 90 valence electrons. The van der Waals surface area contributed by atoms with Gasteiger partial charge in [0, 0.05) is 13.6 Å². The van der Waals surface area contributed by atoms with Gasteiger partial charge < -0.3 is 5.73 Å². The largest absolute Gasteiger partial charge is 0.396 e. The van der Waals surface area contributed by atoms with Crippen molar-refractivity contribution in [3.8, 4) is 0 Å². The maximum absolute atomic E-state index is 13.2. The molecule has 1 aromatic rings. The van der Waals surface area contributed by atoms with E-state index in [1.165, 1.54) is 24.3 Å². The lowest BCUT2D eigenvalue weighted by Crippen LogP contribution is -2.26. The van der Waals surface area contributed by atoms with E-state index in [1.807, 2.05) is 0 Å². The van der Waals surface area contributed by atoms with Gasteiger partial charge in [0.05, 0.1) is 10.6 Å². The summed E-state index contributed by atoms with van der Waals surface area (Å²) in [5.74, 6) is -0.571. The summed E-state index contributed by atoms with van der Waals surface area (Å²) in [4.78, 5) is 0.0215. The van der Waals surface area contributed by atoms with Gasteiger partial charge in [-0.3, -0.25) is 0 Å². The SMILES string of the molecule is CCN(C)S(=O)(=O)c1cc(C)c(F)c(N)c1. The van der Waals surface area contributed by atoms with Gasteiger partial charge in [0.2, 0.25) is 10.0 Å². The number of aryl methyl sites for hydroxylation is 1. The van der Waals surface area contributed by atoms with Crippen LogP contribution in [0.15, 0.2) is 17.0 Å². The van der Waals surface area contributed by atoms with Crippen molar-refractivity contribution >= 4 is 15.7 Å². The van der Waals surface area contributed by atoms with Gasteiger partial charge in [-0.2, -0.15) is 0 Å². The summed E-state index contributed by atoms with van der Waals surface area (Å²) in [5.41, 5.74) is 5.48. The lowest BCUT2D eigenvalue weighted by molar-refractivity contribution is 0.486. The molecule has 0 aliphatic rings. The van der Waals surface area contributed by atoms with Gasteiger partial charge in [0.1, 0.15) is 5.82 Å². The molecule has 0 aliphatic heterocycles. The third kappa shape index (κ3) is 2.17. The van der Waals surface area contributed by atoms with Crippen LogP contribution in [-0.4, -0.2) is 26.3 Å². The average molecular weight is 246 g/mol. The predicted octanol–water partition coefficient (Wildman–Crippen LogP) is 1.36. The van der Waals surface area contributed by atoms with Gasteiger partial charge in [-0.05, 0) is 24.6 Å². The minimum atomic E-state index is -3.56. The summed E-state index contributed by atoms with van der Waals surface area (Å²) in [6.07, 6.45) is 0. The molecule has 0 radical (unpaired) electrons. The number of nitrogens with zero attached hydrogens (tertiary/aromatic N) is 1. The van der Waals surface area contributed by atoms with Crippen molar-refractivity contribution in [2.45, 2.75) is 18.7 Å². The zero-order valence-electron chi connectivity index (χ0n) is 9.49. The molecule has 0 aliphatic carbocycles. The number of halogens is 1. The topological polar surface area (TPSA) is 63.4 Å². The van der Waals surface area contributed by atoms with E-state index in [2.05, 4.69) is 0 Å². The predicted molar refractivity (Wildman–Crippen MR) is 61.0 cm³/mol. The highest BCUT2D eigenvalue weighted by molar-refractivity contribution is 7.89. The molecule has 0 saturated carbocycles. The van der Waals surface area contributed by atoms with Crippen molar-refractivity contribution in [1.29, 1.82) is 0 Å². The van der Waals surface area contributed by atoms with Crippen LogP contribution in [0.25, 0.3) is 0 Å². The average Bonchev–Trinajstić information content (AvgIpc) is 2.23. The molecule has 2 N–H and O–H groups in total. The Balaban J connectivity index is 3.36. The second-order valence-corrected chi connectivity index (χ2v) is 5.61. The van der Waals surface area contributed by atoms with Gasteiger partial charge in [-0.25, -0.2) is 17.1 Å². The number of benzene rings is 1. The van der Waals surface area contributed by atoms with Crippen molar-refractivity contribution in [1.82, 2.24) is 4.31 Å². The van der Waals surface area contributed by atoms with Crippen LogP contribution in [-0.2, 0) is 10.0 Å². The molecule has 0 atom stereocenters. The molecule has 6 heteroatoms. The monoisotopic (exact) mass is 246 g/mol. The normalized spacial score (nSPS) is 12.1. The number of hydrogen-bond acceptors (Lipinski definition) is 3. The zero-order valence-corrected chi connectivity index (χ0v) is 10.3.